The van der Waals surface area contributed by atoms with E-state index in [-0.39, 0.29) is 24.3 Å². The van der Waals surface area contributed by atoms with Crippen LogP contribution in [0.25, 0.3) is 0 Å². The molecule has 3 aliphatic rings. The molecule has 4 rings (SSSR count). The van der Waals surface area contributed by atoms with E-state index in [9.17, 15) is 18.4 Å². The summed E-state index contributed by atoms with van der Waals surface area (Å²) >= 11 is 0. The highest BCUT2D eigenvalue weighted by atomic mass is 19.3. The van der Waals surface area contributed by atoms with E-state index in [4.69, 9.17) is 0 Å². The molecule has 1 aromatic rings. The van der Waals surface area contributed by atoms with E-state index < -0.39 is 29.1 Å². The Balaban J connectivity index is 1.49. The molecule has 4 atom stereocenters. The van der Waals surface area contributed by atoms with Gasteiger partial charge in [-0.15, -0.1) is 0 Å². The van der Waals surface area contributed by atoms with Crippen molar-refractivity contribution in [3.8, 4) is 0 Å². The summed E-state index contributed by atoms with van der Waals surface area (Å²) in [5.41, 5.74) is 0.106. The van der Waals surface area contributed by atoms with Gasteiger partial charge in [0.15, 0.2) is 5.78 Å². The number of halogens is 2. The normalized spacial score (nSPS) is 30.4. The summed E-state index contributed by atoms with van der Waals surface area (Å²) in [5.74, 6) is -6.12. The zero-order valence-corrected chi connectivity index (χ0v) is 12.9. The lowest BCUT2D eigenvalue weighted by Crippen LogP contribution is -2.43. The number of benzene rings is 1. The van der Waals surface area contributed by atoms with Gasteiger partial charge in [-0.3, -0.25) is 9.59 Å². The summed E-state index contributed by atoms with van der Waals surface area (Å²) in [6.07, 6.45) is 6.17. The van der Waals surface area contributed by atoms with Crippen LogP contribution < -0.4 is 5.32 Å². The van der Waals surface area contributed by atoms with E-state index in [1.165, 1.54) is 6.08 Å². The molecule has 0 spiro atoms. The van der Waals surface area contributed by atoms with Gasteiger partial charge in [0.2, 0.25) is 0 Å². The molecular formula is C19H17F2NO2. The van der Waals surface area contributed by atoms with Gasteiger partial charge >= 0.3 is 5.92 Å². The van der Waals surface area contributed by atoms with Crippen LogP contribution in [0, 0.1) is 23.7 Å². The third kappa shape index (κ3) is 2.22. The van der Waals surface area contributed by atoms with Crippen molar-refractivity contribution in [1.82, 2.24) is 5.32 Å². The number of rotatable bonds is 4. The summed E-state index contributed by atoms with van der Waals surface area (Å²) in [5, 5.41) is 2.24. The van der Waals surface area contributed by atoms with Crippen LogP contribution in [0.3, 0.4) is 0 Å². The van der Waals surface area contributed by atoms with Crippen LogP contribution in [0.5, 0.6) is 0 Å². The maximum absolute atomic E-state index is 14.5. The largest absolute Gasteiger partial charge is 0.352 e. The zero-order chi connectivity index (χ0) is 16.9. The van der Waals surface area contributed by atoms with Gasteiger partial charge in [-0.05, 0) is 29.7 Å². The van der Waals surface area contributed by atoms with Crippen molar-refractivity contribution in [1.29, 1.82) is 0 Å². The number of fused-ring (bicyclic) bond motifs is 5. The van der Waals surface area contributed by atoms with Gasteiger partial charge in [-0.1, -0.05) is 48.6 Å². The number of carbonyl (C=O) groups excluding carboxylic acids is 2. The lowest BCUT2D eigenvalue weighted by Gasteiger charge is -2.19. The summed E-state index contributed by atoms with van der Waals surface area (Å²) in [6, 6.07) is 8.83. The minimum Gasteiger partial charge on any atom is -0.346 e. The Morgan fingerprint density at radius 2 is 1.88 bits per heavy atom. The Labute approximate surface area is 138 Å². The number of amides is 1. The Bertz CT molecular complexity index is 754. The molecule has 1 saturated carbocycles. The summed E-state index contributed by atoms with van der Waals surface area (Å²) in [6.45, 7) is 0.0103. The summed E-state index contributed by atoms with van der Waals surface area (Å²) in [7, 11) is 0. The number of Topliss-reactive ketones (excluding diaryl/α,β-unsaturated/α-hetero) is 1. The fourth-order valence-corrected chi connectivity index (χ4v) is 4.18. The van der Waals surface area contributed by atoms with E-state index in [2.05, 4.69) is 5.32 Å². The summed E-state index contributed by atoms with van der Waals surface area (Å²) in [4.78, 5) is 24.4. The van der Waals surface area contributed by atoms with Gasteiger partial charge < -0.3 is 5.32 Å². The van der Waals surface area contributed by atoms with E-state index in [0.717, 1.165) is 12.0 Å². The average molecular weight is 329 g/mol. The van der Waals surface area contributed by atoms with Crippen LogP contribution in [-0.2, 0) is 16.1 Å². The van der Waals surface area contributed by atoms with Crippen LogP contribution >= 0.6 is 0 Å². The second kappa shape index (κ2) is 5.36. The topological polar surface area (TPSA) is 46.2 Å². The average Bonchev–Trinajstić information content (AvgIpc) is 3.27. The smallest absolute Gasteiger partial charge is 0.346 e. The molecule has 5 heteroatoms. The number of hydrogen-bond acceptors (Lipinski definition) is 2. The van der Waals surface area contributed by atoms with Crippen molar-refractivity contribution in [2.45, 2.75) is 18.9 Å². The minimum absolute atomic E-state index is 0.0103. The number of alkyl halides is 2. The minimum atomic E-state index is -3.78. The van der Waals surface area contributed by atoms with Crippen LogP contribution in [-0.4, -0.2) is 17.6 Å². The monoisotopic (exact) mass is 329 g/mol. The molecule has 124 valence electrons. The molecular weight excluding hydrogens is 312 g/mol. The fraction of sp³-hybridized carbons (Fsp3) is 0.368. The van der Waals surface area contributed by atoms with Gasteiger partial charge in [0.05, 0.1) is 5.57 Å². The van der Waals surface area contributed by atoms with Gasteiger partial charge in [-0.25, -0.2) is 0 Å². The molecule has 0 heterocycles. The standard InChI is InChI=1S/C19H17F2NO2/c20-19(21,18(24)22-10-11-4-2-1-3-5-11)15-9-14-12-6-7-13(8-12)16(14)17(15)23/h1-7,9,12-14,16H,8,10H2,(H,22,24)/t12-,13+,14+,16-/m1/s1. The quantitative estimate of drug-likeness (QED) is 0.864. The Morgan fingerprint density at radius 1 is 1.17 bits per heavy atom. The Kier molecular flexibility index (Phi) is 3.41. The molecule has 0 saturated heterocycles. The van der Waals surface area contributed by atoms with Crippen LogP contribution in [0.1, 0.15) is 12.0 Å². The molecule has 1 fully saturated rings. The highest BCUT2D eigenvalue weighted by Crippen LogP contribution is 2.54. The number of ketones is 1. The van der Waals surface area contributed by atoms with E-state index in [1.807, 2.05) is 18.2 Å². The highest BCUT2D eigenvalue weighted by Gasteiger charge is 2.58. The SMILES string of the molecule is O=C1C(C(F)(F)C(=O)NCc2ccccc2)=C[C@@H]2[C@H]1[C@H]1C=C[C@@H]2C1. The van der Waals surface area contributed by atoms with Gasteiger partial charge in [0.1, 0.15) is 0 Å². The molecule has 1 N–H and O–H groups in total. The zero-order valence-electron chi connectivity index (χ0n) is 12.9. The lowest BCUT2D eigenvalue weighted by atomic mass is 9.84. The molecule has 0 aromatic heterocycles. The van der Waals surface area contributed by atoms with E-state index in [1.54, 1.807) is 24.3 Å². The van der Waals surface area contributed by atoms with Crippen LogP contribution in [0.4, 0.5) is 8.78 Å². The first-order valence-electron chi connectivity index (χ1n) is 8.13. The number of nitrogens with one attached hydrogen (secondary N) is 1. The fourth-order valence-electron chi connectivity index (χ4n) is 4.18. The number of carbonyl (C=O) groups is 2. The molecule has 24 heavy (non-hydrogen) atoms. The van der Waals surface area contributed by atoms with Gasteiger partial charge in [0, 0.05) is 12.5 Å². The first kappa shape index (κ1) is 15.2. The molecule has 3 aliphatic carbocycles. The van der Waals surface area contributed by atoms with Crippen molar-refractivity contribution in [2.75, 3.05) is 0 Å². The second-order valence-electron chi connectivity index (χ2n) is 6.74. The molecule has 0 aliphatic heterocycles. The lowest BCUT2D eigenvalue weighted by molar-refractivity contribution is -0.143. The second-order valence-corrected chi connectivity index (χ2v) is 6.74. The van der Waals surface area contributed by atoms with Crippen molar-refractivity contribution >= 4 is 11.7 Å². The third-order valence-corrected chi connectivity index (χ3v) is 5.37. The molecule has 0 radical (unpaired) electrons. The van der Waals surface area contributed by atoms with E-state index >= 15 is 0 Å². The van der Waals surface area contributed by atoms with E-state index in [0.29, 0.717) is 0 Å². The molecule has 1 amide bonds. The van der Waals surface area contributed by atoms with Crippen molar-refractivity contribution in [2.24, 2.45) is 23.7 Å². The highest BCUT2D eigenvalue weighted by molar-refractivity contribution is 6.08. The number of hydrogen-bond donors (Lipinski definition) is 1. The maximum atomic E-state index is 14.5. The first-order valence-corrected chi connectivity index (χ1v) is 8.13. The van der Waals surface area contributed by atoms with Crippen molar-refractivity contribution < 1.29 is 18.4 Å². The molecule has 3 nitrogen and oxygen atoms in total. The Hall–Kier alpha value is -2.30. The predicted octanol–water partition coefficient (Wildman–Crippen LogP) is 2.89. The maximum Gasteiger partial charge on any atom is 0.352 e. The third-order valence-electron chi connectivity index (χ3n) is 5.37. The van der Waals surface area contributed by atoms with Gasteiger partial charge in [0.25, 0.3) is 5.91 Å². The Morgan fingerprint density at radius 3 is 2.58 bits per heavy atom. The summed E-state index contributed by atoms with van der Waals surface area (Å²) < 4.78 is 29.1. The van der Waals surface area contributed by atoms with Crippen LogP contribution in [0.15, 0.2) is 54.1 Å². The van der Waals surface area contributed by atoms with Crippen molar-refractivity contribution in [3.05, 3.63) is 59.7 Å². The number of allylic oxidation sites excluding steroid dienone is 3. The molecule has 2 bridgehead atoms. The molecule has 0 unspecified atom stereocenters. The van der Waals surface area contributed by atoms with Crippen molar-refractivity contribution in [3.63, 3.8) is 0 Å². The van der Waals surface area contributed by atoms with Crippen LogP contribution in [0.2, 0.25) is 0 Å². The van der Waals surface area contributed by atoms with Gasteiger partial charge in [-0.2, -0.15) is 8.78 Å². The molecule has 1 aromatic carbocycles. The predicted molar refractivity (Wildman–Crippen MR) is 84.0 cm³/mol. The first-order chi connectivity index (χ1) is 11.5.